The van der Waals surface area contributed by atoms with Crippen LogP contribution in [0.3, 0.4) is 0 Å². The number of ether oxygens (including phenoxy) is 2. The number of aromatic nitrogens is 2. The molecule has 0 aliphatic carbocycles. The largest absolute Gasteiger partial charge is 0.503 e. The Bertz CT molecular complexity index is 1600. The highest BCUT2D eigenvalue weighted by Gasteiger charge is 2.47. The first-order valence-electron chi connectivity index (χ1n) is 13.1. The van der Waals surface area contributed by atoms with E-state index in [1.54, 1.807) is 24.3 Å². The number of methoxy groups -OCH3 is 1. The fourth-order valence-electron chi connectivity index (χ4n) is 4.35. The van der Waals surface area contributed by atoms with Crippen LogP contribution in [0.1, 0.15) is 48.0 Å². The Kier molecular flexibility index (Phi) is 9.20. The summed E-state index contributed by atoms with van der Waals surface area (Å²) < 4.78 is 17.5. The van der Waals surface area contributed by atoms with Crippen molar-refractivity contribution < 1.29 is 28.6 Å². The summed E-state index contributed by atoms with van der Waals surface area (Å²) in [4.78, 5) is 28.3. The summed E-state index contributed by atoms with van der Waals surface area (Å²) in [5.41, 5.74) is 1.43. The third-order valence-corrected chi connectivity index (χ3v) is 8.91. The number of ketones is 1. The molecule has 0 fully saturated rings. The fourth-order valence-corrected chi connectivity index (χ4v) is 6.30. The third kappa shape index (κ3) is 6.33. The van der Waals surface area contributed by atoms with Crippen molar-refractivity contribution in [2.75, 3.05) is 18.6 Å². The number of benzene rings is 2. The number of anilines is 1. The van der Waals surface area contributed by atoms with E-state index in [4.69, 9.17) is 25.5 Å². The molecule has 3 heterocycles. The van der Waals surface area contributed by atoms with E-state index in [0.717, 1.165) is 12.0 Å². The van der Waals surface area contributed by atoms with Gasteiger partial charge in [0.15, 0.2) is 27.4 Å². The summed E-state index contributed by atoms with van der Waals surface area (Å²) in [5, 5.41) is 20.4. The van der Waals surface area contributed by atoms with Crippen LogP contribution in [0.5, 0.6) is 11.5 Å². The highest BCUT2D eigenvalue weighted by molar-refractivity contribution is 8.00. The second kappa shape index (κ2) is 13.0. The zero-order valence-corrected chi connectivity index (χ0v) is 25.5. The van der Waals surface area contributed by atoms with Crippen molar-refractivity contribution in [3.8, 4) is 11.5 Å². The molecule has 1 unspecified atom stereocenters. The van der Waals surface area contributed by atoms with Gasteiger partial charge in [0, 0.05) is 10.8 Å². The lowest BCUT2D eigenvalue weighted by Gasteiger charge is -2.24. The molecule has 0 saturated carbocycles. The monoisotopic (exact) mass is 625 g/mol. The standard InChI is InChI=1S/C30H28ClN3O6S2/c1-17(2)12-14-40-21-11-8-19(15-23(21)38-3)25-24(26(35)22-5-4-13-39-22)27(36)28(37)34(25)29-32-33-30(42-29)41-16-18-6-9-20(31)10-7-18/h4-11,13,15,17,25,36H,12,14,16H2,1-3H3. The molecule has 9 nitrogen and oxygen atoms in total. The molecule has 1 amide bonds. The Labute approximate surface area is 256 Å². The molecule has 0 saturated heterocycles. The number of thioether (sulfide) groups is 1. The maximum Gasteiger partial charge on any atom is 0.296 e. The quantitative estimate of drug-likeness (QED) is 0.0984. The van der Waals surface area contributed by atoms with E-state index < -0.39 is 23.5 Å². The van der Waals surface area contributed by atoms with Gasteiger partial charge in [0.05, 0.1) is 31.6 Å². The number of nitrogens with zero attached hydrogens (tertiary/aromatic N) is 3. The molecule has 2 aromatic carbocycles. The first-order valence-corrected chi connectivity index (χ1v) is 15.3. The number of Topliss-reactive ketones (excluding diaryl/α,β-unsaturated/α-hetero) is 1. The van der Waals surface area contributed by atoms with Crippen LogP contribution in [0, 0.1) is 5.92 Å². The Hall–Kier alpha value is -3.80. The highest BCUT2D eigenvalue weighted by atomic mass is 35.5. The predicted molar refractivity (Wildman–Crippen MR) is 162 cm³/mol. The van der Waals surface area contributed by atoms with Crippen molar-refractivity contribution >= 4 is 51.5 Å². The van der Waals surface area contributed by atoms with Crippen LogP contribution in [-0.4, -0.2) is 40.7 Å². The summed E-state index contributed by atoms with van der Waals surface area (Å²) in [6, 6.07) is 14.7. The Balaban J connectivity index is 1.49. The maximum absolute atomic E-state index is 13.5. The van der Waals surface area contributed by atoms with Crippen molar-refractivity contribution in [3.63, 3.8) is 0 Å². The minimum Gasteiger partial charge on any atom is -0.503 e. The Morgan fingerprint density at radius 3 is 2.64 bits per heavy atom. The molecule has 4 aromatic rings. The van der Waals surface area contributed by atoms with E-state index >= 15 is 0 Å². The minimum absolute atomic E-state index is 0.00623. The van der Waals surface area contributed by atoms with Gasteiger partial charge in [-0.05, 0) is 59.9 Å². The van der Waals surface area contributed by atoms with Crippen LogP contribution in [0.4, 0.5) is 5.13 Å². The number of rotatable bonds is 12. The molecule has 0 radical (unpaired) electrons. The molecule has 42 heavy (non-hydrogen) atoms. The van der Waals surface area contributed by atoms with Crippen molar-refractivity contribution in [1.82, 2.24) is 10.2 Å². The second-order valence-corrected chi connectivity index (χ2v) is 12.5. The number of hydrogen-bond donors (Lipinski definition) is 1. The number of hydrogen-bond acceptors (Lipinski definition) is 10. The normalized spacial score (nSPS) is 15.1. The molecule has 0 spiro atoms. The first-order chi connectivity index (χ1) is 20.3. The number of halogens is 1. The van der Waals surface area contributed by atoms with Crippen LogP contribution >= 0.6 is 34.7 Å². The maximum atomic E-state index is 13.5. The van der Waals surface area contributed by atoms with Crippen LogP contribution in [0.25, 0.3) is 0 Å². The van der Waals surface area contributed by atoms with E-state index in [-0.39, 0.29) is 16.5 Å². The lowest BCUT2D eigenvalue weighted by Crippen LogP contribution is -2.31. The van der Waals surface area contributed by atoms with Crippen molar-refractivity contribution in [2.45, 2.75) is 36.4 Å². The lowest BCUT2D eigenvalue weighted by atomic mass is 9.95. The second-order valence-electron chi connectivity index (χ2n) is 9.85. The van der Waals surface area contributed by atoms with Gasteiger partial charge in [-0.15, -0.1) is 10.2 Å². The van der Waals surface area contributed by atoms with Crippen LogP contribution in [0.15, 0.2) is 80.9 Å². The van der Waals surface area contributed by atoms with E-state index in [1.165, 1.54) is 47.4 Å². The van der Waals surface area contributed by atoms with Gasteiger partial charge in [-0.2, -0.15) is 0 Å². The van der Waals surface area contributed by atoms with Gasteiger partial charge in [-0.3, -0.25) is 14.5 Å². The summed E-state index contributed by atoms with van der Waals surface area (Å²) in [5.74, 6) is -0.0233. The number of carbonyl (C=O) groups excluding carboxylic acids is 2. The number of aliphatic hydroxyl groups excluding tert-OH is 1. The van der Waals surface area contributed by atoms with Crippen LogP contribution < -0.4 is 14.4 Å². The summed E-state index contributed by atoms with van der Waals surface area (Å²) in [7, 11) is 1.52. The zero-order chi connectivity index (χ0) is 29.8. The highest BCUT2D eigenvalue weighted by Crippen LogP contribution is 2.45. The third-order valence-electron chi connectivity index (χ3n) is 6.53. The molecule has 0 bridgehead atoms. The molecule has 5 rings (SSSR count). The first kappa shape index (κ1) is 29.7. The molecular weight excluding hydrogens is 598 g/mol. The SMILES string of the molecule is COc1cc(C2C(C(=O)c3ccco3)=C(O)C(=O)N2c2nnc(SCc3ccc(Cl)cc3)s2)ccc1OCCC(C)C. The molecule has 1 aliphatic rings. The van der Waals surface area contributed by atoms with E-state index in [2.05, 4.69) is 24.0 Å². The topological polar surface area (TPSA) is 115 Å². The van der Waals surface area contributed by atoms with E-state index in [0.29, 0.717) is 44.7 Å². The molecule has 1 N–H and O–H groups in total. The van der Waals surface area contributed by atoms with E-state index in [9.17, 15) is 14.7 Å². The number of aliphatic hydroxyl groups is 1. The Morgan fingerprint density at radius 2 is 1.95 bits per heavy atom. The van der Waals surface area contributed by atoms with Crippen molar-refractivity contribution in [3.05, 3.63) is 94.1 Å². The average molecular weight is 626 g/mol. The Morgan fingerprint density at radius 1 is 1.17 bits per heavy atom. The van der Waals surface area contributed by atoms with Crippen molar-refractivity contribution in [1.29, 1.82) is 0 Å². The van der Waals surface area contributed by atoms with Crippen LogP contribution in [0.2, 0.25) is 5.02 Å². The van der Waals surface area contributed by atoms with Gasteiger partial charge in [0.1, 0.15) is 0 Å². The summed E-state index contributed by atoms with van der Waals surface area (Å²) in [6.45, 7) is 4.73. The molecule has 1 aliphatic heterocycles. The van der Waals surface area contributed by atoms with Gasteiger partial charge in [0.25, 0.3) is 5.91 Å². The van der Waals surface area contributed by atoms with Gasteiger partial charge in [-0.1, -0.05) is 66.7 Å². The smallest absolute Gasteiger partial charge is 0.296 e. The lowest BCUT2D eigenvalue weighted by molar-refractivity contribution is -0.117. The number of amides is 1. The minimum atomic E-state index is -1.02. The van der Waals surface area contributed by atoms with Gasteiger partial charge in [-0.25, -0.2) is 0 Å². The molecule has 2 aromatic heterocycles. The zero-order valence-electron chi connectivity index (χ0n) is 23.1. The average Bonchev–Trinajstić information content (AvgIpc) is 3.73. The number of carbonyl (C=O) groups is 2. The van der Waals surface area contributed by atoms with Gasteiger partial charge >= 0.3 is 0 Å². The molecule has 12 heteroatoms. The van der Waals surface area contributed by atoms with Crippen LogP contribution in [-0.2, 0) is 10.5 Å². The number of furan rings is 1. The van der Waals surface area contributed by atoms with Crippen molar-refractivity contribution in [2.24, 2.45) is 5.92 Å². The molecular formula is C30H28ClN3O6S2. The van der Waals surface area contributed by atoms with E-state index in [1.807, 2.05) is 24.3 Å². The fraction of sp³-hybridized carbons (Fsp3) is 0.267. The van der Waals surface area contributed by atoms with Gasteiger partial charge < -0.3 is 19.0 Å². The van der Waals surface area contributed by atoms with Gasteiger partial charge in [0.2, 0.25) is 10.9 Å². The summed E-state index contributed by atoms with van der Waals surface area (Å²) >= 11 is 8.62. The summed E-state index contributed by atoms with van der Waals surface area (Å²) in [6.07, 6.45) is 2.22. The molecule has 1 atom stereocenters. The molecule has 218 valence electrons. The predicted octanol–water partition coefficient (Wildman–Crippen LogP) is 7.29.